The molecule has 1 aromatic carbocycles. The first-order chi connectivity index (χ1) is 11.5. The second-order valence-corrected chi connectivity index (χ2v) is 6.02. The van der Waals surface area contributed by atoms with Crippen LogP contribution in [0.5, 0.6) is 0 Å². The second-order valence-electron chi connectivity index (χ2n) is 6.02. The standard InChI is InChI=1S/C19H18N2O3/c1-12(2)15-11-16(13(3)10-18(15)22)20-24-19(23)21-9-8-14-6-4-5-7-17(14)21/h4-12H,1-3H3/b20-16+. The molecule has 1 aliphatic rings. The zero-order valence-corrected chi connectivity index (χ0v) is 13.8. The number of hydrogen-bond donors (Lipinski definition) is 0. The molecule has 2 aromatic rings. The number of nitrogens with zero attached hydrogens (tertiary/aromatic N) is 2. The minimum atomic E-state index is -0.590. The fraction of sp³-hybridized carbons (Fsp3) is 0.211. The smallest absolute Gasteiger partial charge is 0.297 e. The molecule has 5 heteroatoms. The van der Waals surface area contributed by atoms with E-state index in [1.807, 2.05) is 44.2 Å². The largest absolute Gasteiger partial charge is 0.444 e. The summed E-state index contributed by atoms with van der Waals surface area (Å²) >= 11 is 0. The molecule has 0 saturated carbocycles. The molecule has 0 fully saturated rings. The zero-order valence-electron chi connectivity index (χ0n) is 13.8. The number of hydrogen-bond acceptors (Lipinski definition) is 4. The molecule has 0 saturated heterocycles. The van der Waals surface area contributed by atoms with Crippen LogP contribution in [0.4, 0.5) is 4.79 Å². The minimum absolute atomic E-state index is 0.0239. The van der Waals surface area contributed by atoms with Gasteiger partial charge in [0.25, 0.3) is 0 Å². The lowest BCUT2D eigenvalue weighted by Crippen LogP contribution is -2.17. The van der Waals surface area contributed by atoms with Gasteiger partial charge in [-0.2, -0.15) is 0 Å². The van der Waals surface area contributed by atoms with Crippen molar-refractivity contribution in [2.45, 2.75) is 20.8 Å². The third-order valence-electron chi connectivity index (χ3n) is 3.97. The van der Waals surface area contributed by atoms with Gasteiger partial charge >= 0.3 is 6.09 Å². The Morgan fingerprint density at radius 1 is 1.17 bits per heavy atom. The van der Waals surface area contributed by atoms with Crippen molar-refractivity contribution < 1.29 is 14.4 Å². The van der Waals surface area contributed by atoms with Crippen molar-refractivity contribution >= 4 is 28.5 Å². The van der Waals surface area contributed by atoms with Crippen molar-refractivity contribution in [3.05, 3.63) is 59.8 Å². The van der Waals surface area contributed by atoms with E-state index in [4.69, 9.17) is 4.84 Å². The Balaban J connectivity index is 1.86. The van der Waals surface area contributed by atoms with Gasteiger partial charge in [0, 0.05) is 17.2 Å². The molecule has 24 heavy (non-hydrogen) atoms. The van der Waals surface area contributed by atoms with E-state index in [0.29, 0.717) is 16.9 Å². The molecule has 122 valence electrons. The van der Waals surface area contributed by atoms with E-state index < -0.39 is 6.09 Å². The Bertz CT molecular complexity index is 914. The van der Waals surface area contributed by atoms with Gasteiger partial charge in [-0.3, -0.25) is 14.2 Å². The van der Waals surface area contributed by atoms with Crippen LogP contribution in [-0.4, -0.2) is 22.2 Å². The number of oxime groups is 1. The van der Waals surface area contributed by atoms with Crippen LogP contribution in [0.2, 0.25) is 0 Å². The number of carbonyl (C=O) groups is 2. The zero-order chi connectivity index (χ0) is 17.3. The number of aromatic nitrogens is 1. The summed E-state index contributed by atoms with van der Waals surface area (Å²) in [4.78, 5) is 29.3. The van der Waals surface area contributed by atoms with Crippen molar-refractivity contribution in [2.75, 3.05) is 0 Å². The summed E-state index contributed by atoms with van der Waals surface area (Å²) in [6, 6.07) is 9.36. The lowest BCUT2D eigenvalue weighted by Gasteiger charge is -2.14. The van der Waals surface area contributed by atoms with Crippen LogP contribution in [0.1, 0.15) is 20.8 Å². The Morgan fingerprint density at radius 3 is 2.67 bits per heavy atom. The maximum absolute atomic E-state index is 12.3. The lowest BCUT2D eigenvalue weighted by molar-refractivity contribution is -0.111. The second kappa shape index (κ2) is 6.28. The number of fused-ring (bicyclic) bond motifs is 1. The van der Waals surface area contributed by atoms with E-state index in [1.165, 1.54) is 10.6 Å². The summed E-state index contributed by atoms with van der Waals surface area (Å²) in [6.07, 6.45) is 4.26. The van der Waals surface area contributed by atoms with Crippen molar-refractivity contribution in [3.8, 4) is 0 Å². The van der Waals surface area contributed by atoms with E-state index in [9.17, 15) is 9.59 Å². The van der Waals surface area contributed by atoms with E-state index in [-0.39, 0.29) is 11.7 Å². The summed E-state index contributed by atoms with van der Waals surface area (Å²) in [6.45, 7) is 5.64. The number of allylic oxidation sites excluding steroid dienone is 4. The highest BCUT2D eigenvalue weighted by atomic mass is 16.7. The van der Waals surface area contributed by atoms with Crippen molar-refractivity contribution in [2.24, 2.45) is 11.1 Å². The normalized spacial score (nSPS) is 16.5. The number of para-hydroxylation sites is 1. The molecule has 1 aliphatic carbocycles. The molecule has 0 bridgehead atoms. The highest BCUT2D eigenvalue weighted by molar-refractivity contribution is 6.21. The van der Waals surface area contributed by atoms with E-state index >= 15 is 0 Å². The average Bonchev–Trinajstić information content (AvgIpc) is 2.97. The molecule has 0 N–H and O–H groups in total. The highest BCUT2D eigenvalue weighted by Crippen LogP contribution is 2.20. The van der Waals surface area contributed by atoms with Gasteiger partial charge in [0.2, 0.25) is 0 Å². The maximum atomic E-state index is 12.3. The molecule has 5 nitrogen and oxygen atoms in total. The number of carbonyl (C=O) groups excluding carboxylic acids is 2. The van der Waals surface area contributed by atoms with Gasteiger partial charge in [0.05, 0.1) is 5.52 Å². The van der Waals surface area contributed by atoms with Gasteiger partial charge in [-0.25, -0.2) is 4.79 Å². The minimum Gasteiger partial charge on any atom is -0.297 e. The van der Waals surface area contributed by atoms with Crippen LogP contribution in [0, 0.1) is 5.92 Å². The maximum Gasteiger partial charge on any atom is 0.444 e. The van der Waals surface area contributed by atoms with Crippen LogP contribution >= 0.6 is 0 Å². The van der Waals surface area contributed by atoms with E-state index in [2.05, 4.69) is 5.16 Å². The molecular weight excluding hydrogens is 304 g/mol. The van der Waals surface area contributed by atoms with Crippen LogP contribution < -0.4 is 0 Å². The first-order valence-electron chi connectivity index (χ1n) is 7.77. The van der Waals surface area contributed by atoms with E-state index in [1.54, 1.807) is 19.2 Å². The summed E-state index contributed by atoms with van der Waals surface area (Å²) in [5.41, 5.74) is 2.58. The van der Waals surface area contributed by atoms with Gasteiger partial charge in [0.1, 0.15) is 5.71 Å². The van der Waals surface area contributed by atoms with Crippen molar-refractivity contribution in [1.29, 1.82) is 0 Å². The first-order valence-corrected chi connectivity index (χ1v) is 7.77. The molecule has 0 amide bonds. The van der Waals surface area contributed by atoms with Crippen LogP contribution in [0.3, 0.4) is 0 Å². The Hall–Kier alpha value is -2.95. The van der Waals surface area contributed by atoms with Crippen LogP contribution in [0.15, 0.2) is 65.0 Å². The number of benzene rings is 1. The predicted octanol–water partition coefficient (Wildman–Crippen LogP) is 4.09. The predicted molar refractivity (Wildman–Crippen MR) is 92.9 cm³/mol. The topological polar surface area (TPSA) is 60.7 Å². The molecule has 0 spiro atoms. The summed E-state index contributed by atoms with van der Waals surface area (Å²) in [7, 11) is 0. The molecule has 1 aromatic heterocycles. The van der Waals surface area contributed by atoms with Gasteiger partial charge in [-0.1, -0.05) is 37.2 Å². The van der Waals surface area contributed by atoms with Gasteiger partial charge < -0.3 is 0 Å². The lowest BCUT2D eigenvalue weighted by atomic mass is 9.90. The molecule has 1 heterocycles. The summed E-state index contributed by atoms with van der Waals surface area (Å²) in [5, 5.41) is 4.89. The molecule has 0 aliphatic heterocycles. The van der Waals surface area contributed by atoms with E-state index in [0.717, 1.165) is 10.9 Å². The SMILES string of the molecule is CC1=CC(=O)C(C(C)C)=C/C1=N\OC(=O)n1ccc2ccccc21. The Morgan fingerprint density at radius 2 is 1.92 bits per heavy atom. The number of ketones is 1. The monoisotopic (exact) mass is 322 g/mol. The van der Waals surface area contributed by atoms with Gasteiger partial charge in [-0.15, -0.1) is 0 Å². The molecule has 0 atom stereocenters. The fourth-order valence-electron chi connectivity index (χ4n) is 2.61. The van der Waals surface area contributed by atoms with Gasteiger partial charge in [-0.05, 0) is 42.7 Å². The third kappa shape index (κ3) is 2.93. The van der Waals surface area contributed by atoms with Gasteiger partial charge in [0.15, 0.2) is 5.78 Å². The molecule has 0 radical (unpaired) electrons. The van der Waals surface area contributed by atoms with Crippen molar-refractivity contribution in [1.82, 2.24) is 4.57 Å². The average molecular weight is 322 g/mol. The Labute approximate surface area is 139 Å². The number of rotatable bonds is 2. The summed E-state index contributed by atoms with van der Waals surface area (Å²) < 4.78 is 1.40. The molecule has 3 rings (SSSR count). The fourth-order valence-corrected chi connectivity index (χ4v) is 2.61. The highest BCUT2D eigenvalue weighted by Gasteiger charge is 2.19. The van der Waals surface area contributed by atoms with Crippen LogP contribution in [-0.2, 0) is 9.63 Å². The van der Waals surface area contributed by atoms with Crippen molar-refractivity contribution in [3.63, 3.8) is 0 Å². The first kappa shape index (κ1) is 15.9. The summed E-state index contributed by atoms with van der Waals surface area (Å²) in [5.74, 6) is 0.0559. The van der Waals surface area contributed by atoms with Crippen LogP contribution in [0.25, 0.3) is 10.9 Å². The molecular formula is C19H18N2O3. The third-order valence-corrected chi connectivity index (χ3v) is 3.97. The Kier molecular flexibility index (Phi) is 4.16. The quantitative estimate of drug-likeness (QED) is 0.475. The molecule has 0 unspecified atom stereocenters.